The fourth-order valence-corrected chi connectivity index (χ4v) is 5.05. The zero-order chi connectivity index (χ0) is 26.9. The van der Waals surface area contributed by atoms with Crippen molar-refractivity contribution >= 4 is 50.7 Å². The van der Waals surface area contributed by atoms with Gasteiger partial charge in [0.05, 0.1) is 24.1 Å². The molecule has 8 nitrogen and oxygen atoms in total. The number of amides is 2. The summed E-state index contributed by atoms with van der Waals surface area (Å²) in [6, 6.07) is 11.1. The highest BCUT2D eigenvalue weighted by molar-refractivity contribution is 7.92. The topological polar surface area (TPSA) is 96.0 Å². The number of hydrogen-bond acceptors (Lipinski definition) is 5. The van der Waals surface area contributed by atoms with Crippen molar-refractivity contribution in [2.75, 3.05) is 30.8 Å². The van der Waals surface area contributed by atoms with Gasteiger partial charge in [0.25, 0.3) is 0 Å². The van der Waals surface area contributed by atoms with Gasteiger partial charge in [0.1, 0.15) is 11.8 Å². The van der Waals surface area contributed by atoms with Crippen LogP contribution in [0.25, 0.3) is 0 Å². The minimum absolute atomic E-state index is 0.0435. The molecule has 0 aliphatic carbocycles. The van der Waals surface area contributed by atoms with E-state index in [0.717, 1.165) is 18.2 Å². The second-order valence-electron chi connectivity index (χ2n) is 8.38. The van der Waals surface area contributed by atoms with E-state index in [1.165, 1.54) is 22.4 Å². The number of carbonyl (C=O) groups excluding carboxylic acids is 2. The molecule has 0 heterocycles. The Balaban J connectivity index is 2.18. The van der Waals surface area contributed by atoms with Crippen LogP contribution < -0.4 is 14.4 Å². The number of carbonyl (C=O) groups is 2. The van der Waals surface area contributed by atoms with E-state index < -0.39 is 16.1 Å². The summed E-state index contributed by atoms with van der Waals surface area (Å²) in [5, 5.41) is 3.64. The largest absolute Gasteiger partial charge is 0.495 e. The van der Waals surface area contributed by atoms with Gasteiger partial charge in [0.2, 0.25) is 21.8 Å². The van der Waals surface area contributed by atoms with Crippen LogP contribution in [0.5, 0.6) is 5.75 Å². The fraction of sp³-hybridized carbons (Fsp3) is 0.440. The van der Waals surface area contributed by atoms with E-state index in [9.17, 15) is 18.0 Å². The molecule has 0 bridgehead atoms. The van der Waals surface area contributed by atoms with Crippen LogP contribution in [-0.4, -0.2) is 57.6 Å². The number of sulfonamides is 1. The molecule has 0 saturated carbocycles. The SMILES string of the molecule is CCCNC(=O)C(C)N(Cc1cccc(Cl)c1)C(=O)CCCN(c1ccc(OC)c(Cl)c1)S(C)(=O)=O. The number of nitrogens with zero attached hydrogens (tertiary/aromatic N) is 2. The van der Waals surface area contributed by atoms with Crippen molar-refractivity contribution in [3.05, 3.63) is 58.1 Å². The molecule has 2 aromatic carbocycles. The normalized spacial score (nSPS) is 12.1. The van der Waals surface area contributed by atoms with Gasteiger partial charge in [-0.05, 0) is 55.7 Å². The van der Waals surface area contributed by atoms with Gasteiger partial charge >= 0.3 is 0 Å². The minimum Gasteiger partial charge on any atom is -0.495 e. The maximum Gasteiger partial charge on any atom is 0.242 e. The van der Waals surface area contributed by atoms with Gasteiger partial charge in [-0.25, -0.2) is 8.42 Å². The predicted molar refractivity (Wildman–Crippen MR) is 144 cm³/mol. The predicted octanol–water partition coefficient (Wildman–Crippen LogP) is 4.49. The standard InChI is InChI=1S/C25H33Cl2N3O5S/c1-5-13-28-25(32)18(2)29(17-19-8-6-9-20(26)15-19)24(31)10-7-14-30(36(4,33)34)21-11-12-23(35-3)22(27)16-21/h6,8-9,11-12,15-16,18H,5,7,10,13-14,17H2,1-4H3,(H,28,32). The number of hydrogen-bond donors (Lipinski definition) is 1. The molecule has 198 valence electrons. The van der Waals surface area contributed by atoms with Crippen LogP contribution in [0.3, 0.4) is 0 Å². The molecule has 1 unspecified atom stereocenters. The number of nitrogens with one attached hydrogen (secondary N) is 1. The first-order valence-electron chi connectivity index (χ1n) is 11.6. The van der Waals surface area contributed by atoms with Crippen molar-refractivity contribution in [2.45, 2.75) is 45.7 Å². The lowest BCUT2D eigenvalue weighted by Crippen LogP contribution is -2.47. The van der Waals surface area contributed by atoms with Gasteiger partial charge in [0, 0.05) is 31.1 Å². The number of rotatable bonds is 13. The summed E-state index contributed by atoms with van der Waals surface area (Å²) in [5.41, 5.74) is 1.16. The Morgan fingerprint density at radius 1 is 1.14 bits per heavy atom. The molecule has 0 aliphatic heterocycles. The fourth-order valence-electron chi connectivity index (χ4n) is 3.62. The number of ether oxygens (including phenoxy) is 1. The van der Waals surface area contributed by atoms with Crippen molar-refractivity contribution < 1.29 is 22.7 Å². The van der Waals surface area contributed by atoms with Crippen LogP contribution >= 0.6 is 23.2 Å². The Hall–Kier alpha value is -2.49. The Kier molecular flexibility index (Phi) is 11.3. The van der Waals surface area contributed by atoms with Gasteiger partial charge in [-0.1, -0.05) is 42.3 Å². The third-order valence-electron chi connectivity index (χ3n) is 5.53. The van der Waals surface area contributed by atoms with Crippen molar-refractivity contribution in [1.29, 1.82) is 0 Å². The van der Waals surface area contributed by atoms with E-state index in [1.807, 2.05) is 13.0 Å². The van der Waals surface area contributed by atoms with E-state index >= 15 is 0 Å². The summed E-state index contributed by atoms with van der Waals surface area (Å²) in [5.74, 6) is -0.0933. The second kappa shape index (κ2) is 13.7. The first kappa shape index (κ1) is 29.7. The van der Waals surface area contributed by atoms with Gasteiger partial charge < -0.3 is 15.0 Å². The molecule has 36 heavy (non-hydrogen) atoms. The molecule has 2 aromatic rings. The second-order valence-corrected chi connectivity index (χ2v) is 11.1. The monoisotopic (exact) mass is 557 g/mol. The van der Waals surface area contributed by atoms with E-state index in [1.54, 1.807) is 37.3 Å². The molecule has 0 spiro atoms. The van der Waals surface area contributed by atoms with Crippen LogP contribution in [0.1, 0.15) is 38.7 Å². The molecule has 0 radical (unpaired) electrons. The molecule has 1 N–H and O–H groups in total. The van der Waals surface area contributed by atoms with Crippen LogP contribution in [-0.2, 0) is 26.2 Å². The van der Waals surface area contributed by atoms with Gasteiger partial charge in [-0.3, -0.25) is 13.9 Å². The number of benzene rings is 2. The summed E-state index contributed by atoms with van der Waals surface area (Å²) in [4.78, 5) is 27.4. The molecule has 11 heteroatoms. The molecule has 2 rings (SSSR count). The third kappa shape index (κ3) is 8.57. The van der Waals surface area contributed by atoms with Crippen LogP contribution in [0.2, 0.25) is 10.0 Å². The van der Waals surface area contributed by atoms with Gasteiger partial charge in [-0.2, -0.15) is 0 Å². The van der Waals surface area contributed by atoms with Gasteiger partial charge in [0.15, 0.2) is 0 Å². The van der Waals surface area contributed by atoms with Crippen molar-refractivity contribution in [3.8, 4) is 5.75 Å². The third-order valence-corrected chi connectivity index (χ3v) is 7.26. The molecule has 0 saturated heterocycles. The highest BCUT2D eigenvalue weighted by atomic mass is 35.5. The van der Waals surface area contributed by atoms with Crippen LogP contribution in [0, 0.1) is 0 Å². The van der Waals surface area contributed by atoms with E-state index in [-0.39, 0.29) is 42.8 Å². The minimum atomic E-state index is -3.64. The molecular weight excluding hydrogens is 525 g/mol. The summed E-state index contributed by atoms with van der Waals surface area (Å²) < 4.78 is 31.3. The first-order chi connectivity index (χ1) is 17.0. The molecule has 1 atom stereocenters. The maximum atomic E-state index is 13.3. The Morgan fingerprint density at radius 2 is 1.86 bits per heavy atom. The van der Waals surface area contributed by atoms with E-state index in [4.69, 9.17) is 27.9 Å². The molecule has 0 aliphatic rings. The molecular formula is C25H33Cl2N3O5S. The maximum absolute atomic E-state index is 13.3. The highest BCUT2D eigenvalue weighted by Crippen LogP contribution is 2.30. The highest BCUT2D eigenvalue weighted by Gasteiger charge is 2.26. The number of anilines is 1. The van der Waals surface area contributed by atoms with E-state index in [2.05, 4.69) is 5.32 Å². The lowest BCUT2D eigenvalue weighted by molar-refractivity contribution is -0.140. The molecule has 0 fully saturated rings. The summed E-state index contributed by atoms with van der Waals surface area (Å²) in [6.45, 7) is 4.40. The zero-order valence-corrected chi connectivity index (χ0v) is 23.3. The zero-order valence-electron chi connectivity index (χ0n) is 21.0. The quantitative estimate of drug-likeness (QED) is 0.391. The number of methoxy groups -OCH3 is 1. The molecule has 0 aromatic heterocycles. The Morgan fingerprint density at radius 3 is 2.44 bits per heavy atom. The van der Waals surface area contributed by atoms with Crippen molar-refractivity contribution in [2.24, 2.45) is 0 Å². The average Bonchev–Trinajstić information content (AvgIpc) is 2.82. The summed E-state index contributed by atoms with van der Waals surface area (Å²) >= 11 is 12.3. The lowest BCUT2D eigenvalue weighted by atomic mass is 10.1. The Labute approximate surface area is 223 Å². The van der Waals surface area contributed by atoms with Crippen molar-refractivity contribution in [3.63, 3.8) is 0 Å². The smallest absolute Gasteiger partial charge is 0.242 e. The summed E-state index contributed by atoms with van der Waals surface area (Å²) in [6.07, 6.45) is 2.16. The van der Waals surface area contributed by atoms with Crippen LogP contribution in [0.4, 0.5) is 5.69 Å². The van der Waals surface area contributed by atoms with Gasteiger partial charge in [-0.15, -0.1) is 0 Å². The Bertz CT molecular complexity index is 1160. The van der Waals surface area contributed by atoms with E-state index in [0.29, 0.717) is 23.0 Å². The lowest BCUT2D eigenvalue weighted by Gasteiger charge is -2.29. The summed E-state index contributed by atoms with van der Waals surface area (Å²) in [7, 11) is -2.16. The first-order valence-corrected chi connectivity index (χ1v) is 14.2. The average molecular weight is 559 g/mol. The van der Waals surface area contributed by atoms with Crippen molar-refractivity contribution in [1.82, 2.24) is 10.2 Å². The van der Waals surface area contributed by atoms with Crippen LogP contribution in [0.15, 0.2) is 42.5 Å². The number of halogens is 2. The molecule has 2 amide bonds.